The van der Waals surface area contributed by atoms with Crippen molar-refractivity contribution in [2.24, 2.45) is 0 Å². The Labute approximate surface area is 236 Å². The third-order valence-electron chi connectivity index (χ3n) is 8.50. The number of aromatic amines is 1. The van der Waals surface area contributed by atoms with E-state index >= 15 is 0 Å². The number of hydrogen-bond donors (Lipinski definition) is 2. The van der Waals surface area contributed by atoms with Crippen LogP contribution in [0.5, 0.6) is 17.2 Å². The van der Waals surface area contributed by atoms with E-state index in [0.29, 0.717) is 22.8 Å². The van der Waals surface area contributed by atoms with E-state index in [0.717, 1.165) is 67.8 Å². The molecule has 2 aliphatic carbocycles. The molecule has 2 N–H and O–H groups in total. The van der Waals surface area contributed by atoms with Crippen molar-refractivity contribution in [3.63, 3.8) is 0 Å². The quantitative estimate of drug-likeness (QED) is 0.340. The van der Waals surface area contributed by atoms with Gasteiger partial charge in [0.05, 0.1) is 27.8 Å². The molecule has 0 saturated heterocycles. The van der Waals surface area contributed by atoms with Crippen LogP contribution in [0.25, 0.3) is 10.9 Å². The largest absolute Gasteiger partial charge is 0.493 e. The molecule has 1 unspecified atom stereocenters. The Hall–Kier alpha value is -3.68. The van der Waals surface area contributed by atoms with Crippen LogP contribution in [-0.4, -0.2) is 55.1 Å². The molecular formula is C32H41N3O5. The standard InChI is InChI=1S/C32H41N3O5/c1-38-27-17-21(18-28(39-2)31(27)40-3)30(32(37)34-23-11-5-4-6-12-23)35(24-13-7-8-14-24)29(36)19-22-20-33-26-16-10-9-15-25(22)26/h9-10,15-18,20,23-24,30,33H,4-8,11-14,19H2,1-3H3,(H,34,37). The van der Waals surface area contributed by atoms with Crippen molar-refractivity contribution in [2.45, 2.75) is 82.3 Å². The zero-order valence-corrected chi connectivity index (χ0v) is 23.8. The first kappa shape index (κ1) is 27.9. The Bertz CT molecular complexity index is 1300. The number of carbonyl (C=O) groups is 2. The van der Waals surface area contributed by atoms with Gasteiger partial charge in [-0.3, -0.25) is 9.59 Å². The summed E-state index contributed by atoms with van der Waals surface area (Å²) in [5.41, 5.74) is 2.58. The normalized spacial score (nSPS) is 17.0. The molecule has 1 heterocycles. The predicted octanol–water partition coefficient (Wildman–Crippen LogP) is 5.70. The van der Waals surface area contributed by atoms with Crippen LogP contribution in [0, 0.1) is 0 Å². The number of H-pyrrole nitrogens is 1. The van der Waals surface area contributed by atoms with E-state index in [4.69, 9.17) is 14.2 Å². The molecule has 8 heteroatoms. The number of fused-ring (bicyclic) bond motifs is 1. The summed E-state index contributed by atoms with van der Waals surface area (Å²) >= 11 is 0. The van der Waals surface area contributed by atoms with Gasteiger partial charge in [-0.25, -0.2) is 0 Å². The van der Waals surface area contributed by atoms with Gasteiger partial charge in [-0.15, -0.1) is 0 Å². The second-order valence-corrected chi connectivity index (χ2v) is 11.0. The van der Waals surface area contributed by atoms with Gasteiger partial charge in [-0.1, -0.05) is 50.3 Å². The van der Waals surface area contributed by atoms with Crippen molar-refractivity contribution in [1.82, 2.24) is 15.2 Å². The molecule has 2 aliphatic rings. The molecule has 3 aromatic rings. The number of nitrogens with one attached hydrogen (secondary N) is 2. The van der Waals surface area contributed by atoms with Crippen LogP contribution in [0.4, 0.5) is 0 Å². The number of amides is 2. The number of rotatable bonds is 10. The molecule has 0 aliphatic heterocycles. The molecule has 2 fully saturated rings. The Morgan fingerprint density at radius 1 is 0.925 bits per heavy atom. The van der Waals surface area contributed by atoms with Crippen LogP contribution in [0.15, 0.2) is 42.6 Å². The average molecular weight is 548 g/mol. The lowest BCUT2D eigenvalue weighted by Gasteiger charge is -2.37. The molecule has 5 rings (SSSR count). The summed E-state index contributed by atoms with van der Waals surface area (Å²) in [6.45, 7) is 0. The molecule has 0 bridgehead atoms. The van der Waals surface area contributed by atoms with E-state index in [1.165, 1.54) is 6.42 Å². The number of methoxy groups -OCH3 is 3. The van der Waals surface area contributed by atoms with Gasteiger partial charge in [-0.05, 0) is 55.0 Å². The number of aromatic nitrogens is 1. The molecule has 0 spiro atoms. The van der Waals surface area contributed by atoms with E-state index in [2.05, 4.69) is 10.3 Å². The highest BCUT2D eigenvalue weighted by Gasteiger charge is 2.39. The highest BCUT2D eigenvalue weighted by Crippen LogP contribution is 2.42. The third kappa shape index (κ3) is 5.76. The Morgan fingerprint density at radius 3 is 2.23 bits per heavy atom. The minimum absolute atomic E-state index is 0.0288. The summed E-state index contributed by atoms with van der Waals surface area (Å²) in [5, 5.41) is 4.34. The molecule has 8 nitrogen and oxygen atoms in total. The van der Waals surface area contributed by atoms with Crippen molar-refractivity contribution in [3.05, 3.63) is 53.7 Å². The summed E-state index contributed by atoms with van der Waals surface area (Å²) in [6, 6.07) is 10.9. The lowest BCUT2D eigenvalue weighted by atomic mass is 9.94. The van der Waals surface area contributed by atoms with E-state index in [9.17, 15) is 9.59 Å². The summed E-state index contributed by atoms with van der Waals surface area (Å²) in [7, 11) is 4.69. The number of ether oxygens (including phenoxy) is 3. The minimum atomic E-state index is -0.823. The van der Waals surface area contributed by atoms with Crippen LogP contribution in [0.2, 0.25) is 0 Å². The summed E-state index contributed by atoms with van der Waals surface area (Å²) in [4.78, 5) is 33.7. The maximum Gasteiger partial charge on any atom is 0.247 e. The SMILES string of the molecule is COc1cc(C(C(=O)NC2CCCCC2)N(C(=O)Cc2c[nH]c3ccccc23)C2CCCC2)cc(OC)c1OC. The maximum absolute atomic E-state index is 14.3. The van der Waals surface area contributed by atoms with Crippen LogP contribution in [0.1, 0.15) is 75.0 Å². The van der Waals surface area contributed by atoms with Gasteiger partial charge in [0, 0.05) is 29.2 Å². The number of hydrogen-bond acceptors (Lipinski definition) is 5. The second kappa shape index (κ2) is 12.7. The van der Waals surface area contributed by atoms with Gasteiger partial charge in [0.15, 0.2) is 11.5 Å². The monoisotopic (exact) mass is 547 g/mol. The number of benzene rings is 2. The average Bonchev–Trinajstić information content (AvgIpc) is 3.66. The lowest BCUT2D eigenvalue weighted by Crippen LogP contribution is -2.50. The zero-order chi connectivity index (χ0) is 28.1. The fourth-order valence-electron chi connectivity index (χ4n) is 6.50. The first-order valence-electron chi connectivity index (χ1n) is 14.5. The van der Waals surface area contributed by atoms with E-state index in [1.807, 2.05) is 47.5 Å². The van der Waals surface area contributed by atoms with Gasteiger partial charge in [0.25, 0.3) is 0 Å². The predicted molar refractivity (Wildman–Crippen MR) is 155 cm³/mol. The van der Waals surface area contributed by atoms with Crippen molar-refractivity contribution in [1.29, 1.82) is 0 Å². The topological polar surface area (TPSA) is 92.9 Å². The minimum Gasteiger partial charge on any atom is -0.493 e. The van der Waals surface area contributed by atoms with Gasteiger partial charge < -0.3 is 29.4 Å². The fourth-order valence-corrected chi connectivity index (χ4v) is 6.50. The Kier molecular flexibility index (Phi) is 8.82. The second-order valence-electron chi connectivity index (χ2n) is 11.0. The van der Waals surface area contributed by atoms with Gasteiger partial charge in [-0.2, -0.15) is 0 Å². The molecular weight excluding hydrogens is 506 g/mol. The highest BCUT2D eigenvalue weighted by atomic mass is 16.5. The summed E-state index contributed by atoms with van der Waals surface area (Å²) < 4.78 is 16.9. The zero-order valence-electron chi connectivity index (χ0n) is 23.8. The van der Waals surface area contributed by atoms with Gasteiger partial charge >= 0.3 is 0 Å². The number of para-hydroxylation sites is 1. The molecule has 214 valence electrons. The van der Waals surface area contributed by atoms with Gasteiger partial charge in [0.2, 0.25) is 17.6 Å². The molecule has 2 amide bonds. The van der Waals surface area contributed by atoms with E-state index in [-0.39, 0.29) is 30.3 Å². The lowest BCUT2D eigenvalue weighted by molar-refractivity contribution is -0.143. The smallest absolute Gasteiger partial charge is 0.247 e. The first-order valence-corrected chi connectivity index (χ1v) is 14.5. The molecule has 1 atom stereocenters. The summed E-state index contributed by atoms with van der Waals surface area (Å²) in [5.74, 6) is 1.16. The van der Waals surface area contributed by atoms with E-state index < -0.39 is 6.04 Å². The van der Waals surface area contributed by atoms with Crippen LogP contribution in [0.3, 0.4) is 0 Å². The molecule has 1 aromatic heterocycles. The first-order chi connectivity index (χ1) is 19.5. The van der Waals surface area contributed by atoms with Crippen molar-refractivity contribution < 1.29 is 23.8 Å². The fraction of sp³-hybridized carbons (Fsp3) is 0.500. The molecule has 2 saturated carbocycles. The molecule has 2 aromatic carbocycles. The van der Waals surface area contributed by atoms with Crippen molar-refractivity contribution >= 4 is 22.7 Å². The summed E-state index contributed by atoms with van der Waals surface area (Å²) in [6.07, 6.45) is 11.2. The van der Waals surface area contributed by atoms with Crippen molar-refractivity contribution in [2.75, 3.05) is 21.3 Å². The van der Waals surface area contributed by atoms with Crippen LogP contribution in [-0.2, 0) is 16.0 Å². The number of nitrogens with zero attached hydrogens (tertiary/aromatic N) is 1. The van der Waals surface area contributed by atoms with Crippen LogP contribution >= 0.6 is 0 Å². The maximum atomic E-state index is 14.3. The van der Waals surface area contributed by atoms with Gasteiger partial charge in [0.1, 0.15) is 6.04 Å². The van der Waals surface area contributed by atoms with E-state index in [1.54, 1.807) is 21.3 Å². The van der Waals surface area contributed by atoms with Crippen molar-refractivity contribution in [3.8, 4) is 17.2 Å². The highest BCUT2D eigenvalue weighted by molar-refractivity contribution is 5.93. The van der Waals surface area contributed by atoms with Crippen LogP contribution < -0.4 is 19.5 Å². The molecule has 40 heavy (non-hydrogen) atoms. The Balaban J connectivity index is 1.57. The third-order valence-corrected chi connectivity index (χ3v) is 8.50. The molecule has 0 radical (unpaired) electrons. The Morgan fingerprint density at radius 2 is 1.57 bits per heavy atom. The number of carbonyl (C=O) groups excluding carboxylic acids is 2.